The van der Waals surface area contributed by atoms with Gasteiger partial charge in [-0.1, -0.05) is 65.8 Å². The van der Waals surface area contributed by atoms with Crippen LogP contribution in [0, 0.1) is 69.0 Å². The van der Waals surface area contributed by atoms with Gasteiger partial charge in [-0.05, 0) is 91.3 Å². The van der Waals surface area contributed by atoms with Gasteiger partial charge < -0.3 is 9.47 Å². The first-order chi connectivity index (χ1) is 18.3. The summed E-state index contributed by atoms with van der Waals surface area (Å²) in [5.74, 6) is 1.10. The maximum Gasteiger partial charge on any atom is 0.318 e. The lowest BCUT2D eigenvalue weighted by molar-refractivity contribution is -0.243. The number of hydrogen-bond donors (Lipinski definition) is 0. The Morgan fingerprint density at radius 2 is 1.67 bits per heavy atom. The first-order valence-electron chi connectivity index (χ1n) is 15.6. The average Bonchev–Trinajstić information content (AvgIpc) is 3.39. The van der Waals surface area contributed by atoms with Crippen molar-refractivity contribution >= 4 is 17.9 Å². The van der Waals surface area contributed by atoms with Gasteiger partial charge in [-0.25, -0.2) is 0 Å². The van der Waals surface area contributed by atoms with Crippen molar-refractivity contribution in [2.75, 3.05) is 0 Å². The predicted molar refractivity (Wildman–Crippen MR) is 149 cm³/mol. The van der Waals surface area contributed by atoms with Crippen molar-refractivity contribution in [3.63, 3.8) is 0 Å². The van der Waals surface area contributed by atoms with E-state index in [-0.39, 0.29) is 40.3 Å². The topological polar surface area (TPSA) is 69.7 Å². The zero-order valence-corrected chi connectivity index (χ0v) is 25.0. The van der Waals surface area contributed by atoms with E-state index in [1.807, 2.05) is 0 Å². The minimum atomic E-state index is -0.500. The minimum absolute atomic E-state index is 0.116. The highest BCUT2D eigenvalue weighted by Crippen LogP contribution is 2.82. The molecule has 4 saturated carbocycles. The summed E-state index contributed by atoms with van der Waals surface area (Å²) in [6.45, 7) is 15.6. The molecule has 5 heteroatoms. The highest BCUT2D eigenvalue weighted by atomic mass is 16.6. The van der Waals surface area contributed by atoms with E-state index in [0.717, 1.165) is 25.7 Å². The van der Waals surface area contributed by atoms with Gasteiger partial charge in [0.2, 0.25) is 0 Å². The molecule has 39 heavy (non-hydrogen) atoms. The van der Waals surface area contributed by atoms with Gasteiger partial charge in [-0.2, -0.15) is 0 Å². The Balaban J connectivity index is 1.42. The van der Waals surface area contributed by atoms with Gasteiger partial charge in [0.1, 0.15) is 6.10 Å². The number of carbonyl (C=O) groups excluding carboxylic acids is 3. The zero-order valence-electron chi connectivity index (χ0n) is 25.0. The number of allylic oxidation sites excluding steroid dienone is 4. The number of esters is 3. The van der Waals surface area contributed by atoms with Crippen LogP contribution in [0.15, 0.2) is 24.3 Å². The molecule has 6 aliphatic carbocycles. The Bertz CT molecular complexity index is 1140. The molecule has 0 radical (unpaired) electrons. The van der Waals surface area contributed by atoms with E-state index >= 15 is 0 Å². The first kappa shape index (κ1) is 27.3. The lowest BCUT2D eigenvalue weighted by Gasteiger charge is -2.74. The zero-order chi connectivity index (χ0) is 28.1. The van der Waals surface area contributed by atoms with Crippen LogP contribution in [-0.2, 0) is 23.9 Å². The molecule has 1 aliphatic heterocycles. The second kappa shape index (κ2) is 8.79. The van der Waals surface area contributed by atoms with Gasteiger partial charge in [-0.15, -0.1) is 0 Å². The van der Waals surface area contributed by atoms with Crippen molar-refractivity contribution in [2.24, 2.45) is 69.0 Å². The molecular weight excluding hydrogens is 488 g/mol. The molecule has 214 valence electrons. The molecule has 0 aromatic rings. The van der Waals surface area contributed by atoms with Crippen LogP contribution >= 0.6 is 0 Å². The standard InChI is InChI=1S/C34H48O5/c1-19(2)20(3)8-9-21(4)24-10-11-25-31(24,6)14-13-26-32(7)15-12-23(38-22(5)35)18-33(32)16-17-34(25,26)28-27(33)29(36)39-30(28)37/h8-9,16-17,19-21,23-28H,10-15,18H2,1-7H3/b9-8+/t20-,21+,23+,24-,25-,26-,27+,28-,31+,32-,33+,34-/m0/s1. The molecule has 2 bridgehead atoms. The summed E-state index contributed by atoms with van der Waals surface area (Å²) in [6.07, 6.45) is 16.2. The van der Waals surface area contributed by atoms with Gasteiger partial charge in [0.25, 0.3) is 0 Å². The molecule has 0 amide bonds. The first-order valence-corrected chi connectivity index (χ1v) is 15.6. The van der Waals surface area contributed by atoms with Crippen LogP contribution in [0.2, 0.25) is 0 Å². The third-order valence-electron chi connectivity index (χ3n) is 13.5. The molecule has 7 rings (SSSR count). The average molecular weight is 537 g/mol. The number of rotatable bonds is 5. The second-order valence-electron chi connectivity index (χ2n) is 15.1. The number of hydrogen-bond acceptors (Lipinski definition) is 5. The maximum atomic E-state index is 13.7. The number of ether oxygens (including phenoxy) is 2. The largest absolute Gasteiger partial charge is 0.463 e. The number of cyclic esters (lactones) is 2. The van der Waals surface area contributed by atoms with Gasteiger partial charge in [0.15, 0.2) is 0 Å². The Morgan fingerprint density at radius 1 is 0.949 bits per heavy atom. The molecule has 0 aromatic heterocycles. The van der Waals surface area contributed by atoms with E-state index in [4.69, 9.17) is 9.47 Å². The summed E-state index contributed by atoms with van der Waals surface area (Å²) in [4.78, 5) is 39.1. The van der Waals surface area contributed by atoms with Gasteiger partial charge in [-0.3, -0.25) is 14.4 Å². The highest BCUT2D eigenvalue weighted by molar-refractivity contribution is 5.99. The van der Waals surface area contributed by atoms with Crippen LogP contribution in [0.4, 0.5) is 0 Å². The molecule has 1 heterocycles. The summed E-state index contributed by atoms with van der Waals surface area (Å²) in [5, 5.41) is 0. The molecule has 0 aromatic carbocycles. The smallest absolute Gasteiger partial charge is 0.318 e. The Morgan fingerprint density at radius 3 is 2.36 bits per heavy atom. The Kier molecular flexibility index (Phi) is 6.15. The van der Waals surface area contributed by atoms with E-state index in [9.17, 15) is 14.4 Å². The van der Waals surface area contributed by atoms with E-state index in [2.05, 4.69) is 65.8 Å². The van der Waals surface area contributed by atoms with E-state index in [1.165, 1.54) is 19.8 Å². The fourth-order valence-electron chi connectivity index (χ4n) is 11.5. The Labute approximate surface area is 234 Å². The third kappa shape index (κ3) is 3.40. The van der Waals surface area contributed by atoms with Gasteiger partial charge >= 0.3 is 17.9 Å². The summed E-state index contributed by atoms with van der Waals surface area (Å²) >= 11 is 0. The van der Waals surface area contributed by atoms with Crippen LogP contribution < -0.4 is 0 Å². The van der Waals surface area contributed by atoms with Crippen molar-refractivity contribution < 1.29 is 23.9 Å². The van der Waals surface area contributed by atoms with Crippen molar-refractivity contribution in [1.29, 1.82) is 0 Å². The lowest BCUT2D eigenvalue weighted by atomic mass is 9.28. The van der Waals surface area contributed by atoms with Crippen molar-refractivity contribution in [2.45, 2.75) is 99.5 Å². The normalized spacial score (nSPS) is 49.3. The van der Waals surface area contributed by atoms with Crippen LogP contribution in [0.3, 0.4) is 0 Å². The molecule has 5 fully saturated rings. The molecule has 12 atom stereocenters. The van der Waals surface area contributed by atoms with Crippen molar-refractivity contribution in [1.82, 2.24) is 0 Å². The monoisotopic (exact) mass is 536 g/mol. The SMILES string of the molecule is CC(=O)O[C@@H]1CC[C@@]2(C)[C@@H]3CC[C@]4(C)[C@H]([C@H](C)/C=C/[C@H](C)C(C)C)CC[C@@H]4[C@@]34C=C[C@@]2(C1)[C@H]1C(=O)OC(=O)[C@H]14. The summed E-state index contributed by atoms with van der Waals surface area (Å²) in [6, 6.07) is 0. The van der Waals surface area contributed by atoms with Crippen LogP contribution in [0.5, 0.6) is 0 Å². The summed E-state index contributed by atoms with van der Waals surface area (Å²) in [7, 11) is 0. The van der Waals surface area contributed by atoms with Crippen LogP contribution in [0.25, 0.3) is 0 Å². The summed E-state index contributed by atoms with van der Waals surface area (Å²) in [5.41, 5.74) is -0.846. The number of fused-ring (bicyclic) bond motifs is 1. The molecule has 7 aliphatic rings. The van der Waals surface area contributed by atoms with Crippen molar-refractivity contribution in [3.8, 4) is 0 Å². The van der Waals surface area contributed by atoms with Gasteiger partial charge in [0.05, 0.1) is 11.8 Å². The van der Waals surface area contributed by atoms with Gasteiger partial charge in [0, 0.05) is 17.8 Å². The summed E-state index contributed by atoms with van der Waals surface area (Å²) < 4.78 is 11.3. The minimum Gasteiger partial charge on any atom is -0.463 e. The predicted octanol–water partition coefficient (Wildman–Crippen LogP) is 6.91. The quantitative estimate of drug-likeness (QED) is 0.217. The van der Waals surface area contributed by atoms with Crippen molar-refractivity contribution in [3.05, 3.63) is 24.3 Å². The van der Waals surface area contributed by atoms with Crippen LogP contribution in [-0.4, -0.2) is 24.0 Å². The molecule has 0 N–H and O–H groups in total. The second-order valence-corrected chi connectivity index (χ2v) is 15.1. The Hall–Kier alpha value is -1.91. The molecule has 2 spiro atoms. The fraction of sp³-hybridized carbons (Fsp3) is 0.794. The van der Waals surface area contributed by atoms with Crippen LogP contribution in [0.1, 0.15) is 93.4 Å². The van der Waals surface area contributed by atoms with E-state index in [1.54, 1.807) is 0 Å². The van der Waals surface area contributed by atoms with E-state index in [0.29, 0.717) is 41.9 Å². The third-order valence-corrected chi connectivity index (χ3v) is 13.5. The highest BCUT2D eigenvalue weighted by Gasteiger charge is 2.81. The van der Waals surface area contributed by atoms with E-state index < -0.39 is 17.3 Å². The molecule has 1 saturated heterocycles. The molecule has 5 nitrogen and oxygen atoms in total. The lowest BCUT2D eigenvalue weighted by Crippen LogP contribution is -2.72. The maximum absolute atomic E-state index is 13.7. The molecule has 0 unspecified atom stereocenters. The molecular formula is C34H48O5. The number of carbonyl (C=O) groups is 3. The fourth-order valence-corrected chi connectivity index (χ4v) is 11.5.